The molecular weight excluding hydrogens is 250 g/mol. The van der Waals surface area contributed by atoms with Gasteiger partial charge in [0.25, 0.3) is 0 Å². The maximum atomic E-state index is 5.02. The second-order valence-electron chi connectivity index (χ2n) is 5.60. The van der Waals surface area contributed by atoms with Crippen LogP contribution in [-0.2, 0) is 10.2 Å². The monoisotopic (exact) mass is 277 g/mol. The lowest BCUT2D eigenvalue weighted by atomic mass is 9.84. The molecule has 1 rings (SSSR count). The minimum absolute atomic E-state index is 0.0465. The number of nitrogens with one attached hydrogen (secondary N) is 2. The lowest BCUT2D eigenvalue weighted by Crippen LogP contribution is -2.44. The highest BCUT2D eigenvalue weighted by atomic mass is 16.5. The molecular formula is C16H27N3O. The molecule has 0 saturated carbocycles. The summed E-state index contributed by atoms with van der Waals surface area (Å²) in [5.74, 6) is 0.808. The Morgan fingerprint density at radius 3 is 2.65 bits per heavy atom. The SMILES string of the molecule is CN=C(NCCOC)NCC(C)(C)c1cccc(C)c1. The summed E-state index contributed by atoms with van der Waals surface area (Å²) in [6.07, 6.45) is 0. The molecule has 1 aromatic rings. The van der Waals surface area contributed by atoms with Crippen molar-refractivity contribution in [2.45, 2.75) is 26.2 Å². The highest BCUT2D eigenvalue weighted by Crippen LogP contribution is 2.22. The molecule has 0 bridgehead atoms. The van der Waals surface area contributed by atoms with Gasteiger partial charge in [-0.3, -0.25) is 4.99 Å². The van der Waals surface area contributed by atoms with E-state index in [1.54, 1.807) is 14.2 Å². The summed E-state index contributed by atoms with van der Waals surface area (Å²) >= 11 is 0. The summed E-state index contributed by atoms with van der Waals surface area (Å²) in [5.41, 5.74) is 2.67. The van der Waals surface area contributed by atoms with Crippen LogP contribution in [-0.4, -0.2) is 39.8 Å². The third-order valence-electron chi connectivity index (χ3n) is 3.32. The van der Waals surface area contributed by atoms with E-state index < -0.39 is 0 Å². The third kappa shape index (κ3) is 5.21. The summed E-state index contributed by atoms with van der Waals surface area (Å²) in [6, 6.07) is 8.65. The van der Waals surface area contributed by atoms with Crippen LogP contribution in [0.25, 0.3) is 0 Å². The number of aryl methyl sites for hydroxylation is 1. The van der Waals surface area contributed by atoms with Crippen LogP contribution in [0, 0.1) is 6.92 Å². The maximum Gasteiger partial charge on any atom is 0.191 e. The van der Waals surface area contributed by atoms with Gasteiger partial charge in [-0.25, -0.2) is 0 Å². The number of methoxy groups -OCH3 is 1. The predicted molar refractivity (Wildman–Crippen MR) is 85.4 cm³/mol. The fourth-order valence-electron chi connectivity index (χ4n) is 1.96. The molecule has 0 aliphatic heterocycles. The molecule has 0 aliphatic rings. The van der Waals surface area contributed by atoms with E-state index in [9.17, 15) is 0 Å². The zero-order valence-electron chi connectivity index (χ0n) is 13.3. The zero-order chi connectivity index (χ0) is 15.0. The normalized spacial score (nSPS) is 12.3. The van der Waals surface area contributed by atoms with E-state index in [0.29, 0.717) is 6.61 Å². The molecule has 0 fully saturated rings. The Morgan fingerprint density at radius 1 is 1.30 bits per heavy atom. The van der Waals surface area contributed by atoms with Gasteiger partial charge in [0.15, 0.2) is 5.96 Å². The van der Waals surface area contributed by atoms with Gasteiger partial charge in [-0.05, 0) is 12.5 Å². The standard InChI is InChI=1S/C16H27N3O/c1-13-7-6-8-14(11-13)16(2,3)12-19-15(17-4)18-9-10-20-5/h6-8,11H,9-10,12H2,1-5H3,(H2,17,18,19). The van der Waals surface area contributed by atoms with Crippen LogP contribution < -0.4 is 10.6 Å². The number of aliphatic imine (C=N–C) groups is 1. The quantitative estimate of drug-likeness (QED) is 0.475. The number of ether oxygens (including phenoxy) is 1. The molecule has 0 radical (unpaired) electrons. The molecule has 0 heterocycles. The van der Waals surface area contributed by atoms with Crippen LogP contribution in [0.2, 0.25) is 0 Å². The second-order valence-corrected chi connectivity index (χ2v) is 5.60. The van der Waals surface area contributed by atoms with Crippen LogP contribution in [0.3, 0.4) is 0 Å². The van der Waals surface area contributed by atoms with Crippen molar-refractivity contribution in [2.24, 2.45) is 4.99 Å². The molecule has 4 heteroatoms. The molecule has 0 atom stereocenters. The number of guanidine groups is 1. The molecule has 0 aliphatic carbocycles. The first-order chi connectivity index (χ1) is 9.49. The van der Waals surface area contributed by atoms with Gasteiger partial charge in [0.05, 0.1) is 6.61 Å². The van der Waals surface area contributed by atoms with E-state index in [0.717, 1.165) is 19.0 Å². The van der Waals surface area contributed by atoms with Gasteiger partial charge in [-0.15, -0.1) is 0 Å². The van der Waals surface area contributed by atoms with Gasteiger partial charge in [0.2, 0.25) is 0 Å². The molecule has 0 aromatic heterocycles. The maximum absolute atomic E-state index is 5.02. The lowest BCUT2D eigenvalue weighted by molar-refractivity contribution is 0.203. The third-order valence-corrected chi connectivity index (χ3v) is 3.32. The van der Waals surface area contributed by atoms with Crippen molar-refractivity contribution in [3.63, 3.8) is 0 Å². The topological polar surface area (TPSA) is 45.7 Å². The summed E-state index contributed by atoms with van der Waals surface area (Å²) < 4.78 is 5.02. The first kappa shape index (κ1) is 16.5. The van der Waals surface area contributed by atoms with Crippen molar-refractivity contribution in [2.75, 3.05) is 33.9 Å². The first-order valence-corrected chi connectivity index (χ1v) is 7.00. The number of nitrogens with zero attached hydrogens (tertiary/aromatic N) is 1. The summed E-state index contributed by atoms with van der Waals surface area (Å²) in [7, 11) is 3.47. The highest BCUT2D eigenvalue weighted by molar-refractivity contribution is 5.79. The van der Waals surface area contributed by atoms with Crippen LogP contribution in [0.1, 0.15) is 25.0 Å². The largest absolute Gasteiger partial charge is 0.383 e. The summed E-state index contributed by atoms with van der Waals surface area (Å²) in [5, 5.41) is 6.59. The van der Waals surface area contributed by atoms with Gasteiger partial charge in [-0.1, -0.05) is 43.7 Å². The Balaban J connectivity index is 2.58. The van der Waals surface area contributed by atoms with Gasteiger partial charge < -0.3 is 15.4 Å². The molecule has 0 amide bonds. The average Bonchev–Trinajstić information content (AvgIpc) is 2.42. The van der Waals surface area contributed by atoms with Crippen molar-refractivity contribution < 1.29 is 4.74 Å². The van der Waals surface area contributed by atoms with Crippen LogP contribution in [0.5, 0.6) is 0 Å². The molecule has 20 heavy (non-hydrogen) atoms. The van der Waals surface area contributed by atoms with E-state index >= 15 is 0 Å². The Morgan fingerprint density at radius 2 is 2.05 bits per heavy atom. The van der Waals surface area contributed by atoms with Crippen molar-refractivity contribution in [3.05, 3.63) is 35.4 Å². The van der Waals surface area contributed by atoms with Crippen molar-refractivity contribution >= 4 is 5.96 Å². The van der Waals surface area contributed by atoms with Gasteiger partial charge in [-0.2, -0.15) is 0 Å². The molecule has 112 valence electrons. The number of benzene rings is 1. The minimum atomic E-state index is 0.0465. The van der Waals surface area contributed by atoms with Gasteiger partial charge >= 0.3 is 0 Å². The van der Waals surface area contributed by atoms with E-state index in [-0.39, 0.29) is 5.41 Å². The van der Waals surface area contributed by atoms with Crippen molar-refractivity contribution in [1.82, 2.24) is 10.6 Å². The zero-order valence-corrected chi connectivity index (χ0v) is 13.3. The molecule has 2 N–H and O–H groups in total. The number of hydrogen-bond donors (Lipinski definition) is 2. The lowest BCUT2D eigenvalue weighted by Gasteiger charge is -2.27. The smallest absolute Gasteiger partial charge is 0.191 e. The van der Waals surface area contributed by atoms with E-state index in [2.05, 4.69) is 60.7 Å². The number of rotatable bonds is 6. The molecule has 0 unspecified atom stereocenters. The van der Waals surface area contributed by atoms with Crippen LogP contribution in [0.15, 0.2) is 29.3 Å². The fourth-order valence-corrected chi connectivity index (χ4v) is 1.96. The van der Waals surface area contributed by atoms with Crippen molar-refractivity contribution in [3.8, 4) is 0 Å². The summed E-state index contributed by atoms with van der Waals surface area (Å²) in [4.78, 5) is 4.21. The van der Waals surface area contributed by atoms with E-state index in [4.69, 9.17) is 4.74 Å². The van der Waals surface area contributed by atoms with Crippen LogP contribution in [0.4, 0.5) is 0 Å². The molecule has 4 nitrogen and oxygen atoms in total. The van der Waals surface area contributed by atoms with Crippen LogP contribution >= 0.6 is 0 Å². The fraction of sp³-hybridized carbons (Fsp3) is 0.562. The van der Waals surface area contributed by atoms with Gasteiger partial charge in [0, 0.05) is 32.7 Å². The van der Waals surface area contributed by atoms with Crippen molar-refractivity contribution in [1.29, 1.82) is 0 Å². The Kier molecular flexibility index (Phi) is 6.52. The Hall–Kier alpha value is -1.55. The minimum Gasteiger partial charge on any atom is -0.383 e. The Labute approximate surface area is 122 Å². The molecule has 1 aromatic carbocycles. The molecule has 0 spiro atoms. The highest BCUT2D eigenvalue weighted by Gasteiger charge is 2.20. The summed E-state index contributed by atoms with van der Waals surface area (Å²) in [6.45, 7) is 8.83. The van der Waals surface area contributed by atoms with E-state index in [1.807, 2.05) is 0 Å². The predicted octanol–water partition coefficient (Wildman–Crippen LogP) is 2.08. The first-order valence-electron chi connectivity index (χ1n) is 7.00. The van der Waals surface area contributed by atoms with E-state index in [1.165, 1.54) is 11.1 Å². The molecule has 0 saturated heterocycles. The van der Waals surface area contributed by atoms with Gasteiger partial charge in [0.1, 0.15) is 0 Å². The average molecular weight is 277 g/mol. The Bertz CT molecular complexity index is 441. The second kappa shape index (κ2) is 7.90. The number of hydrogen-bond acceptors (Lipinski definition) is 2.